The zero-order valence-electron chi connectivity index (χ0n) is 11.4. The molecule has 1 aromatic heterocycles. The normalized spacial score (nSPS) is 16.6. The quantitative estimate of drug-likeness (QED) is 0.807. The van der Waals surface area contributed by atoms with Gasteiger partial charge in [0.1, 0.15) is 0 Å². The summed E-state index contributed by atoms with van der Waals surface area (Å²) in [7, 11) is 3.82. The van der Waals surface area contributed by atoms with Crippen LogP contribution in [-0.4, -0.2) is 36.5 Å². The lowest BCUT2D eigenvalue weighted by atomic mass is 10.2. The molecule has 2 rings (SSSR count). The van der Waals surface area contributed by atoms with E-state index in [9.17, 15) is 4.79 Å². The van der Waals surface area contributed by atoms with E-state index in [0.29, 0.717) is 18.5 Å². The van der Waals surface area contributed by atoms with Crippen LogP contribution in [0.3, 0.4) is 0 Å². The molecule has 0 aromatic carbocycles. The molecule has 5 nitrogen and oxygen atoms in total. The molecule has 1 aliphatic carbocycles. The van der Waals surface area contributed by atoms with Crippen LogP contribution in [0, 0.1) is 5.92 Å². The monoisotopic (exact) mass is 250 g/mol. The lowest BCUT2D eigenvalue weighted by Crippen LogP contribution is -2.39. The fraction of sp³-hybridized carbons (Fsp3) is 0.692. The van der Waals surface area contributed by atoms with Gasteiger partial charge in [-0.3, -0.25) is 4.79 Å². The molecule has 0 aliphatic heterocycles. The van der Waals surface area contributed by atoms with Gasteiger partial charge in [-0.15, -0.1) is 0 Å². The van der Waals surface area contributed by atoms with Crippen molar-refractivity contribution in [2.45, 2.75) is 32.4 Å². The summed E-state index contributed by atoms with van der Waals surface area (Å²) in [5.74, 6) is 0.715. The van der Waals surface area contributed by atoms with E-state index in [2.05, 4.69) is 17.3 Å². The Hall–Kier alpha value is -1.36. The molecular weight excluding hydrogens is 228 g/mol. The molecule has 1 saturated carbocycles. The van der Waals surface area contributed by atoms with Gasteiger partial charge in [0, 0.05) is 26.2 Å². The molecule has 5 heteroatoms. The van der Waals surface area contributed by atoms with Crippen molar-refractivity contribution in [1.82, 2.24) is 15.1 Å². The SMILES string of the molecule is CCNC(Cn1ncc(N(C)C)cc1=O)C1CC1. The first-order valence-corrected chi connectivity index (χ1v) is 6.59. The summed E-state index contributed by atoms with van der Waals surface area (Å²) in [6, 6.07) is 2.02. The number of anilines is 1. The van der Waals surface area contributed by atoms with E-state index in [0.717, 1.165) is 12.2 Å². The van der Waals surface area contributed by atoms with Crippen LogP contribution in [-0.2, 0) is 6.54 Å². The van der Waals surface area contributed by atoms with Crippen LogP contribution >= 0.6 is 0 Å². The van der Waals surface area contributed by atoms with Gasteiger partial charge in [-0.25, -0.2) is 4.68 Å². The van der Waals surface area contributed by atoms with E-state index in [-0.39, 0.29) is 5.56 Å². The van der Waals surface area contributed by atoms with E-state index in [1.807, 2.05) is 19.0 Å². The Morgan fingerprint density at radius 3 is 2.78 bits per heavy atom. The van der Waals surface area contributed by atoms with Gasteiger partial charge in [0.25, 0.3) is 5.56 Å². The maximum atomic E-state index is 12.0. The minimum atomic E-state index is -0.0234. The Morgan fingerprint density at radius 1 is 1.56 bits per heavy atom. The first kappa shape index (κ1) is 13.1. The highest BCUT2D eigenvalue weighted by molar-refractivity contribution is 5.40. The summed E-state index contributed by atoms with van der Waals surface area (Å²) < 4.78 is 1.57. The fourth-order valence-corrected chi connectivity index (χ4v) is 2.13. The molecule has 1 fully saturated rings. The Morgan fingerprint density at radius 2 is 2.28 bits per heavy atom. The smallest absolute Gasteiger partial charge is 0.268 e. The molecule has 0 radical (unpaired) electrons. The summed E-state index contributed by atoms with van der Waals surface area (Å²) >= 11 is 0. The molecule has 1 unspecified atom stereocenters. The highest BCUT2D eigenvalue weighted by atomic mass is 16.1. The van der Waals surface area contributed by atoms with E-state index in [1.54, 1.807) is 16.9 Å². The summed E-state index contributed by atoms with van der Waals surface area (Å²) in [5.41, 5.74) is 0.826. The maximum Gasteiger partial charge on any atom is 0.268 e. The molecule has 100 valence electrons. The second kappa shape index (κ2) is 5.52. The van der Waals surface area contributed by atoms with Gasteiger partial charge < -0.3 is 10.2 Å². The van der Waals surface area contributed by atoms with Crippen LogP contribution in [0.4, 0.5) is 5.69 Å². The molecule has 1 atom stereocenters. The molecular formula is C13H22N4O. The third kappa shape index (κ3) is 3.10. The van der Waals surface area contributed by atoms with Crippen LogP contribution in [0.1, 0.15) is 19.8 Å². The van der Waals surface area contributed by atoms with Gasteiger partial charge in [0.05, 0.1) is 18.4 Å². The van der Waals surface area contributed by atoms with Crippen LogP contribution in [0.25, 0.3) is 0 Å². The molecule has 1 N–H and O–H groups in total. The van der Waals surface area contributed by atoms with Gasteiger partial charge in [-0.2, -0.15) is 5.10 Å². The summed E-state index contributed by atoms with van der Waals surface area (Å²) in [6.45, 7) is 3.71. The molecule has 0 bridgehead atoms. The zero-order valence-corrected chi connectivity index (χ0v) is 11.4. The topological polar surface area (TPSA) is 50.2 Å². The standard InChI is InChI=1S/C13H22N4O/c1-4-14-12(10-5-6-10)9-17-13(18)7-11(8-15-17)16(2)3/h7-8,10,12,14H,4-6,9H2,1-3H3. The van der Waals surface area contributed by atoms with Crippen molar-refractivity contribution in [3.05, 3.63) is 22.6 Å². The summed E-state index contributed by atoms with van der Waals surface area (Å²) in [6.07, 6.45) is 4.28. The first-order valence-electron chi connectivity index (χ1n) is 6.59. The van der Waals surface area contributed by atoms with Crippen molar-refractivity contribution >= 4 is 5.69 Å². The Kier molecular flexibility index (Phi) is 4.01. The van der Waals surface area contributed by atoms with Crippen molar-refractivity contribution in [2.24, 2.45) is 5.92 Å². The highest BCUT2D eigenvalue weighted by Crippen LogP contribution is 2.33. The fourth-order valence-electron chi connectivity index (χ4n) is 2.13. The zero-order chi connectivity index (χ0) is 13.1. The van der Waals surface area contributed by atoms with E-state index in [1.165, 1.54) is 12.8 Å². The van der Waals surface area contributed by atoms with Gasteiger partial charge in [0.15, 0.2) is 0 Å². The molecule has 18 heavy (non-hydrogen) atoms. The first-order chi connectivity index (χ1) is 8.61. The third-order valence-corrected chi connectivity index (χ3v) is 3.40. The second-order valence-corrected chi connectivity index (χ2v) is 5.13. The summed E-state index contributed by atoms with van der Waals surface area (Å²) in [4.78, 5) is 13.9. The van der Waals surface area contributed by atoms with Crippen molar-refractivity contribution in [2.75, 3.05) is 25.5 Å². The highest BCUT2D eigenvalue weighted by Gasteiger charge is 2.31. The Balaban J connectivity index is 2.10. The van der Waals surface area contributed by atoms with Crippen molar-refractivity contribution in [3.8, 4) is 0 Å². The van der Waals surface area contributed by atoms with Crippen molar-refractivity contribution in [1.29, 1.82) is 0 Å². The minimum Gasteiger partial charge on any atom is -0.376 e. The number of hydrogen-bond donors (Lipinski definition) is 1. The average Bonchev–Trinajstić information content (AvgIpc) is 3.14. The summed E-state index contributed by atoms with van der Waals surface area (Å²) in [5, 5.41) is 7.70. The predicted molar refractivity (Wildman–Crippen MR) is 73.0 cm³/mol. The number of aromatic nitrogens is 2. The van der Waals surface area contributed by atoms with E-state index >= 15 is 0 Å². The van der Waals surface area contributed by atoms with E-state index < -0.39 is 0 Å². The molecule has 1 aliphatic rings. The van der Waals surface area contributed by atoms with Gasteiger partial charge >= 0.3 is 0 Å². The van der Waals surface area contributed by atoms with Crippen molar-refractivity contribution < 1.29 is 0 Å². The average molecular weight is 250 g/mol. The van der Waals surface area contributed by atoms with Crippen LogP contribution in [0.5, 0.6) is 0 Å². The Labute approximate surface area is 108 Å². The minimum absolute atomic E-state index is 0.0234. The number of nitrogens with one attached hydrogen (secondary N) is 1. The predicted octanol–water partition coefficient (Wildman–Crippen LogP) is 0.697. The molecule has 0 spiro atoms. The van der Waals surface area contributed by atoms with Crippen LogP contribution in [0.15, 0.2) is 17.1 Å². The Bertz CT molecular complexity index is 451. The number of likely N-dealkylation sites (N-methyl/N-ethyl adjacent to an activating group) is 1. The molecule has 1 heterocycles. The van der Waals surface area contributed by atoms with Gasteiger partial charge in [0.2, 0.25) is 0 Å². The van der Waals surface area contributed by atoms with E-state index in [4.69, 9.17) is 0 Å². The maximum absolute atomic E-state index is 12.0. The second-order valence-electron chi connectivity index (χ2n) is 5.13. The molecule has 0 saturated heterocycles. The van der Waals surface area contributed by atoms with Crippen LogP contribution in [0.2, 0.25) is 0 Å². The molecule has 1 aromatic rings. The lowest BCUT2D eigenvalue weighted by Gasteiger charge is -2.18. The third-order valence-electron chi connectivity index (χ3n) is 3.40. The number of hydrogen-bond acceptors (Lipinski definition) is 4. The van der Waals surface area contributed by atoms with Gasteiger partial charge in [-0.1, -0.05) is 6.92 Å². The number of rotatable bonds is 6. The van der Waals surface area contributed by atoms with Gasteiger partial charge in [-0.05, 0) is 25.3 Å². The van der Waals surface area contributed by atoms with Crippen LogP contribution < -0.4 is 15.8 Å². The number of nitrogens with zero attached hydrogens (tertiary/aromatic N) is 3. The largest absolute Gasteiger partial charge is 0.376 e. The molecule has 0 amide bonds. The van der Waals surface area contributed by atoms with Crippen molar-refractivity contribution in [3.63, 3.8) is 0 Å². The lowest BCUT2D eigenvalue weighted by molar-refractivity contribution is 0.387.